The summed E-state index contributed by atoms with van der Waals surface area (Å²) in [7, 11) is 4.04. The number of nitrogens with one attached hydrogen (secondary N) is 1. The van der Waals surface area contributed by atoms with Gasteiger partial charge in [0.25, 0.3) is 0 Å². The second-order valence-corrected chi connectivity index (χ2v) is 5.64. The molecular formula is C14H26N2O3. The molecule has 0 aromatic rings. The van der Waals surface area contributed by atoms with Crippen LogP contribution in [0, 0.1) is 17.8 Å². The van der Waals surface area contributed by atoms with Crippen molar-refractivity contribution in [3.63, 3.8) is 0 Å². The standard InChI is InChI=1S/C14H26N2O3/c1-5-9(6-2)12(16(3)4)8-15-13(17)10-7-11(10)14(18)19/h9-12H,5-8H2,1-4H3,(H,15,17)(H,18,19)/t10-,11+,12?/m1/s1. The maximum Gasteiger partial charge on any atom is 0.307 e. The van der Waals surface area contributed by atoms with Crippen molar-refractivity contribution in [2.45, 2.75) is 39.2 Å². The molecular weight excluding hydrogens is 244 g/mol. The average molecular weight is 270 g/mol. The molecule has 0 aliphatic heterocycles. The molecule has 110 valence electrons. The van der Waals surface area contributed by atoms with Gasteiger partial charge >= 0.3 is 5.97 Å². The topological polar surface area (TPSA) is 69.6 Å². The van der Waals surface area contributed by atoms with Crippen LogP contribution in [0.1, 0.15) is 33.1 Å². The predicted octanol–water partition coefficient (Wildman–Crippen LogP) is 1.19. The van der Waals surface area contributed by atoms with Gasteiger partial charge < -0.3 is 15.3 Å². The van der Waals surface area contributed by atoms with E-state index >= 15 is 0 Å². The van der Waals surface area contributed by atoms with E-state index in [0.717, 1.165) is 12.8 Å². The summed E-state index contributed by atoms with van der Waals surface area (Å²) in [6, 6.07) is 0.306. The Morgan fingerprint density at radius 2 is 1.84 bits per heavy atom. The molecule has 3 atom stereocenters. The molecule has 1 aliphatic rings. The average Bonchev–Trinajstić information content (AvgIpc) is 3.13. The van der Waals surface area contributed by atoms with Crippen LogP contribution in [0.3, 0.4) is 0 Å². The zero-order valence-corrected chi connectivity index (χ0v) is 12.3. The molecule has 1 saturated carbocycles. The van der Waals surface area contributed by atoms with Gasteiger partial charge in [-0.1, -0.05) is 26.7 Å². The normalized spacial score (nSPS) is 23.5. The van der Waals surface area contributed by atoms with E-state index in [4.69, 9.17) is 5.11 Å². The van der Waals surface area contributed by atoms with Crippen LogP contribution in [0.4, 0.5) is 0 Å². The van der Waals surface area contributed by atoms with E-state index in [1.165, 1.54) is 0 Å². The fourth-order valence-electron chi connectivity index (χ4n) is 2.70. The molecule has 1 fully saturated rings. The Kier molecular flexibility index (Phi) is 5.79. The van der Waals surface area contributed by atoms with Gasteiger partial charge in [0.2, 0.25) is 5.91 Å². The molecule has 0 spiro atoms. The van der Waals surface area contributed by atoms with Crippen molar-refractivity contribution >= 4 is 11.9 Å². The Bertz CT molecular complexity index is 327. The fraction of sp³-hybridized carbons (Fsp3) is 0.857. The van der Waals surface area contributed by atoms with Gasteiger partial charge in [-0.2, -0.15) is 0 Å². The molecule has 1 amide bonds. The molecule has 0 saturated heterocycles. The molecule has 5 heteroatoms. The lowest BCUT2D eigenvalue weighted by molar-refractivity contribution is -0.140. The molecule has 0 aromatic carbocycles. The number of carbonyl (C=O) groups is 2. The lowest BCUT2D eigenvalue weighted by atomic mass is 9.93. The number of nitrogens with zero attached hydrogens (tertiary/aromatic N) is 1. The maximum atomic E-state index is 11.9. The minimum absolute atomic E-state index is 0.106. The monoisotopic (exact) mass is 270 g/mol. The first-order valence-electron chi connectivity index (χ1n) is 7.09. The smallest absolute Gasteiger partial charge is 0.307 e. The van der Waals surface area contributed by atoms with Crippen molar-refractivity contribution in [1.82, 2.24) is 10.2 Å². The third kappa shape index (κ3) is 4.20. The molecule has 0 radical (unpaired) electrons. The van der Waals surface area contributed by atoms with Gasteiger partial charge in [-0.05, 0) is 26.4 Å². The molecule has 2 N–H and O–H groups in total. The zero-order valence-electron chi connectivity index (χ0n) is 12.3. The Morgan fingerprint density at radius 3 is 2.21 bits per heavy atom. The first-order chi connectivity index (χ1) is 8.92. The van der Waals surface area contributed by atoms with Crippen LogP contribution in [0.5, 0.6) is 0 Å². The number of amides is 1. The number of hydrogen-bond donors (Lipinski definition) is 2. The highest BCUT2D eigenvalue weighted by molar-refractivity contribution is 5.89. The van der Waals surface area contributed by atoms with Gasteiger partial charge in [-0.3, -0.25) is 9.59 Å². The van der Waals surface area contributed by atoms with Crippen molar-refractivity contribution in [3.8, 4) is 0 Å². The summed E-state index contributed by atoms with van der Waals surface area (Å²) in [5.41, 5.74) is 0. The van der Waals surface area contributed by atoms with Crippen molar-refractivity contribution in [1.29, 1.82) is 0 Å². The number of rotatable bonds is 8. The lowest BCUT2D eigenvalue weighted by Crippen LogP contribution is -2.45. The maximum absolute atomic E-state index is 11.9. The molecule has 5 nitrogen and oxygen atoms in total. The van der Waals surface area contributed by atoms with Crippen LogP contribution in [0.15, 0.2) is 0 Å². The number of carboxylic acids is 1. The number of carbonyl (C=O) groups excluding carboxylic acids is 1. The number of carboxylic acid groups (broad SMARTS) is 1. The molecule has 0 bridgehead atoms. The Hall–Kier alpha value is -1.10. The SMILES string of the molecule is CCC(CC)C(CNC(=O)[C@@H]1C[C@@H]1C(=O)O)N(C)C. The van der Waals surface area contributed by atoms with Gasteiger partial charge in [-0.15, -0.1) is 0 Å². The van der Waals surface area contributed by atoms with Gasteiger partial charge in [0.15, 0.2) is 0 Å². The molecule has 1 unspecified atom stereocenters. The zero-order chi connectivity index (χ0) is 14.6. The minimum atomic E-state index is -0.857. The highest BCUT2D eigenvalue weighted by Gasteiger charge is 2.48. The number of aliphatic carboxylic acids is 1. The van der Waals surface area contributed by atoms with Gasteiger partial charge in [0, 0.05) is 12.6 Å². The summed E-state index contributed by atoms with van der Waals surface area (Å²) in [5.74, 6) is -1.20. The van der Waals surface area contributed by atoms with Crippen molar-refractivity contribution in [2.24, 2.45) is 17.8 Å². The Labute approximate surface area is 115 Å². The molecule has 0 aromatic heterocycles. The van der Waals surface area contributed by atoms with Crippen molar-refractivity contribution < 1.29 is 14.7 Å². The Balaban J connectivity index is 2.44. The van der Waals surface area contributed by atoms with Crippen LogP contribution in [0.25, 0.3) is 0 Å². The molecule has 1 aliphatic carbocycles. The highest BCUT2D eigenvalue weighted by Crippen LogP contribution is 2.38. The first-order valence-corrected chi connectivity index (χ1v) is 7.09. The Morgan fingerprint density at radius 1 is 1.26 bits per heavy atom. The summed E-state index contributed by atoms with van der Waals surface area (Å²) in [5, 5.41) is 11.7. The summed E-state index contributed by atoms with van der Waals surface area (Å²) < 4.78 is 0. The largest absolute Gasteiger partial charge is 0.481 e. The third-order valence-corrected chi connectivity index (χ3v) is 4.19. The van der Waals surface area contributed by atoms with Crippen molar-refractivity contribution in [2.75, 3.05) is 20.6 Å². The van der Waals surface area contributed by atoms with E-state index in [9.17, 15) is 9.59 Å². The van der Waals surface area contributed by atoms with Gasteiger partial charge in [-0.25, -0.2) is 0 Å². The quantitative estimate of drug-likeness (QED) is 0.695. The summed E-state index contributed by atoms with van der Waals surface area (Å²) >= 11 is 0. The van der Waals surface area contributed by atoms with E-state index in [-0.39, 0.29) is 11.8 Å². The van der Waals surface area contributed by atoms with E-state index in [0.29, 0.717) is 24.9 Å². The van der Waals surface area contributed by atoms with Crippen molar-refractivity contribution in [3.05, 3.63) is 0 Å². The lowest BCUT2D eigenvalue weighted by Gasteiger charge is -2.31. The first kappa shape index (κ1) is 16.0. The third-order valence-electron chi connectivity index (χ3n) is 4.19. The molecule has 19 heavy (non-hydrogen) atoms. The minimum Gasteiger partial charge on any atom is -0.481 e. The summed E-state index contributed by atoms with van der Waals surface area (Å²) in [4.78, 5) is 24.7. The van der Waals surface area contributed by atoms with Gasteiger partial charge in [0.1, 0.15) is 0 Å². The summed E-state index contributed by atoms with van der Waals surface area (Å²) in [6.07, 6.45) is 2.64. The van der Waals surface area contributed by atoms with Gasteiger partial charge in [0.05, 0.1) is 11.8 Å². The van der Waals surface area contributed by atoms with E-state index < -0.39 is 11.9 Å². The van der Waals surface area contributed by atoms with Crippen LogP contribution < -0.4 is 5.32 Å². The number of hydrogen-bond acceptors (Lipinski definition) is 3. The van der Waals surface area contributed by atoms with Crippen LogP contribution >= 0.6 is 0 Å². The molecule has 1 rings (SSSR count). The van der Waals surface area contributed by atoms with E-state index in [1.54, 1.807) is 0 Å². The van der Waals surface area contributed by atoms with E-state index in [2.05, 4.69) is 24.1 Å². The predicted molar refractivity (Wildman–Crippen MR) is 73.8 cm³/mol. The molecule has 0 heterocycles. The summed E-state index contributed by atoms with van der Waals surface area (Å²) in [6.45, 7) is 4.92. The van der Waals surface area contributed by atoms with E-state index in [1.807, 2.05) is 14.1 Å². The highest BCUT2D eigenvalue weighted by atomic mass is 16.4. The van der Waals surface area contributed by atoms with Crippen LogP contribution in [-0.4, -0.2) is 48.6 Å². The second kappa shape index (κ2) is 6.89. The number of likely N-dealkylation sites (N-methyl/N-ethyl adjacent to an activating group) is 1. The fourth-order valence-corrected chi connectivity index (χ4v) is 2.70. The second-order valence-electron chi connectivity index (χ2n) is 5.64. The van der Waals surface area contributed by atoms with Crippen LogP contribution in [-0.2, 0) is 9.59 Å². The van der Waals surface area contributed by atoms with Crippen LogP contribution in [0.2, 0.25) is 0 Å².